The number of hydrogen-bond acceptors (Lipinski definition) is 3. The molecule has 1 aromatic rings. The van der Waals surface area contributed by atoms with Crippen LogP contribution in [0.5, 0.6) is 5.75 Å². The van der Waals surface area contributed by atoms with Crippen molar-refractivity contribution >= 4 is 17.1 Å². The molecule has 0 aliphatic carbocycles. The third-order valence-electron chi connectivity index (χ3n) is 3.85. The Bertz CT molecular complexity index is 553. The van der Waals surface area contributed by atoms with Gasteiger partial charge in [0.05, 0.1) is 6.61 Å². The highest BCUT2D eigenvalue weighted by atomic mass is 32.2. The standard InChI is InChI=1S/C21H35NO2S/c1-9-10-16(2)15-24-18-13-11-17(12-14-18)19(20(3,4)5)22-25(23)21(6,7)8/h11-14,16H,9-10,15H2,1-8H3. The third-order valence-corrected chi connectivity index (χ3v) is 5.25. The third kappa shape index (κ3) is 7.41. The van der Waals surface area contributed by atoms with Gasteiger partial charge in [0, 0.05) is 11.0 Å². The van der Waals surface area contributed by atoms with Gasteiger partial charge < -0.3 is 9.29 Å². The molecule has 2 atom stereocenters. The molecule has 3 nitrogen and oxygen atoms in total. The Balaban J connectivity index is 2.97. The molecule has 0 spiro atoms. The Labute approximate surface area is 157 Å². The normalized spacial score (nSPS) is 15.8. The van der Waals surface area contributed by atoms with Crippen molar-refractivity contribution in [2.45, 2.75) is 73.0 Å². The van der Waals surface area contributed by atoms with Crippen LogP contribution in [-0.2, 0) is 11.4 Å². The molecule has 0 saturated carbocycles. The lowest BCUT2D eigenvalue weighted by molar-refractivity contribution is 0.251. The smallest absolute Gasteiger partial charge is 0.144 e. The van der Waals surface area contributed by atoms with Crippen LogP contribution in [0, 0.1) is 11.3 Å². The molecule has 1 rings (SSSR count). The van der Waals surface area contributed by atoms with Gasteiger partial charge >= 0.3 is 0 Å². The van der Waals surface area contributed by atoms with Crippen LogP contribution in [0.25, 0.3) is 0 Å². The summed E-state index contributed by atoms with van der Waals surface area (Å²) in [4.78, 5) is 0. The van der Waals surface area contributed by atoms with E-state index in [9.17, 15) is 4.55 Å². The second kappa shape index (κ2) is 9.09. The van der Waals surface area contributed by atoms with E-state index in [4.69, 9.17) is 4.74 Å². The fraction of sp³-hybridized carbons (Fsp3) is 0.667. The van der Waals surface area contributed by atoms with Crippen molar-refractivity contribution in [1.29, 1.82) is 0 Å². The second-order valence-electron chi connectivity index (χ2n) is 8.78. The molecule has 0 aliphatic rings. The highest BCUT2D eigenvalue weighted by molar-refractivity contribution is 7.91. The first-order chi connectivity index (χ1) is 11.4. The van der Waals surface area contributed by atoms with E-state index >= 15 is 0 Å². The zero-order valence-corrected chi connectivity index (χ0v) is 18.0. The van der Waals surface area contributed by atoms with Gasteiger partial charge in [-0.3, -0.25) is 0 Å². The summed E-state index contributed by atoms with van der Waals surface area (Å²) < 4.78 is 22.6. The average Bonchev–Trinajstić information content (AvgIpc) is 2.49. The minimum atomic E-state index is -1.27. The van der Waals surface area contributed by atoms with Crippen molar-refractivity contribution in [3.63, 3.8) is 0 Å². The zero-order chi connectivity index (χ0) is 19.3. The maximum absolute atomic E-state index is 12.5. The van der Waals surface area contributed by atoms with E-state index < -0.39 is 11.4 Å². The summed E-state index contributed by atoms with van der Waals surface area (Å²) in [6, 6.07) is 8.00. The number of rotatable bonds is 7. The number of ether oxygens (including phenoxy) is 1. The van der Waals surface area contributed by atoms with Gasteiger partial charge in [-0.25, -0.2) is 0 Å². The lowest BCUT2D eigenvalue weighted by atomic mass is 9.86. The number of benzene rings is 1. The summed E-state index contributed by atoms with van der Waals surface area (Å²) in [7, 11) is 0. The Hall–Kier alpha value is -1.00. The summed E-state index contributed by atoms with van der Waals surface area (Å²) >= 11 is -1.27. The zero-order valence-electron chi connectivity index (χ0n) is 17.2. The van der Waals surface area contributed by atoms with Crippen LogP contribution in [-0.4, -0.2) is 21.6 Å². The van der Waals surface area contributed by atoms with Crippen LogP contribution >= 0.6 is 0 Å². The second-order valence-corrected chi connectivity index (χ2v) is 10.7. The van der Waals surface area contributed by atoms with Crippen LogP contribution in [0.4, 0.5) is 0 Å². The van der Waals surface area contributed by atoms with Crippen molar-refractivity contribution < 1.29 is 9.29 Å². The molecule has 0 heterocycles. The Morgan fingerprint density at radius 3 is 2.12 bits per heavy atom. The molecule has 25 heavy (non-hydrogen) atoms. The van der Waals surface area contributed by atoms with E-state index in [1.165, 1.54) is 12.8 Å². The largest absolute Gasteiger partial charge is 0.591 e. The first-order valence-electron chi connectivity index (χ1n) is 9.19. The van der Waals surface area contributed by atoms with Crippen LogP contribution < -0.4 is 4.74 Å². The predicted octanol–water partition coefficient (Wildman–Crippen LogP) is 5.80. The minimum absolute atomic E-state index is 0.182. The molecule has 142 valence electrons. The molecule has 0 radical (unpaired) electrons. The van der Waals surface area contributed by atoms with E-state index in [0.29, 0.717) is 5.92 Å². The molecule has 0 aliphatic heterocycles. The van der Waals surface area contributed by atoms with Gasteiger partial charge in [0.15, 0.2) is 0 Å². The average molecular weight is 366 g/mol. The van der Waals surface area contributed by atoms with Crippen molar-refractivity contribution in [3.05, 3.63) is 29.8 Å². The molecular weight excluding hydrogens is 330 g/mol. The van der Waals surface area contributed by atoms with E-state index in [2.05, 4.69) is 39.0 Å². The van der Waals surface area contributed by atoms with Gasteiger partial charge in [-0.15, -0.1) is 0 Å². The number of hydrogen-bond donors (Lipinski definition) is 0. The summed E-state index contributed by atoms with van der Waals surface area (Å²) in [5.41, 5.74) is 1.68. The van der Waals surface area contributed by atoms with Gasteiger partial charge in [-0.1, -0.05) is 45.4 Å². The molecule has 0 saturated heterocycles. The van der Waals surface area contributed by atoms with E-state index in [-0.39, 0.29) is 10.2 Å². The lowest BCUT2D eigenvalue weighted by Gasteiger charge is -2.25. The summed E-state index contributed by atoms with van der Waals surface area (Å²) in [6.45, 7) is 17.3. The van der Waals surface area contributed by atoms with Gasteiger partial charge in [0.2, 0.25) is 0 Å². The van der Waals surface area contributed by atoms with Gasteiger partial charge in [-0.2, -0.15) is 0 Å². The fourth-order valence-corrected chi connectivity index (χ4v) is 3.19. The topological polar surface area (TPSA) is 44.6 Å². The van der Waals surface area contributed by atoms with Gasteiger partial charge in [0.25, 0.3) is 0 Å². The van der Waals surface area contributed by atoms with Gasteiger partial charge in [-0.05, 0) is 57.4 Å². The molecule has 0 N–H and O–H groups in total. The molecular formula is C21H35NO2S. The van der Waals surface area contributed by atoms with E-state index in [1.807, 2.05) is 45.0 Å². The molecule has 0 aromatic heterocycles. The quantitative estimate of drug-likeness (QED) is 0.453. The highest BCUT2D eigenvalue weighted by Gasteiger charge is 2.31. The fourth-order valence-electron chi connectivity index (χ4n) is 2.37. The monoisotopic (exact) mass is 365 g/mol. The van der Waals surface area contributed by atoms with Crippen molar-refractivity contribution in [2.24, 2.45) is 15.7 Å². The van der Waals surface area contributed by atoms with E-state index in [0.717, 1.165) is 23.6 Å². The van der Waals surface area contributed by atoms with Crippen molar-refractivity contribution in [2.75, 3.05) is 6.61 Å². The Kier molecular flexibility index (Phi) is 8.01. The lowest BCUT2D eigenvalue weighted by Crippen LogP contribution is -2.30. The Morgan fingerprint density at radius 2 is 1.68 bits per heavy atom. The predicted molar refractivity (Wildman–Crippen MR) is 110 cm³/mol. The molecule has 2 unspecified atom stereocenters. The van der Waals surface area contributed by atoms with Gasteiger partial charge in [0.1, 0.15) is 27.6 Å². The van der Waals surface area contributed by atoms with E-state index in [1.54, 1.807) is 0 Å². The molecule has 0 bridgehead atoms. The van der Waals surface area contributed by atoms with Crippen molar-refractivity contribution in [1.82, 2.24) is 0 Å². The molecule has 1 aromatic carbocycles. The van der Waals surface area contributed by atoms with Crippen LogP contribution in [0.1, 0.15) is 73.8 Å². The van der Waals surface area contributed by atoms with Crippen LogP contribution in [0.15, 0.2) is 28.7 Å². The SMILES string of the molecule is CCCC(C)COc1ccc(C(=N[S+]([O-])C(C)(C)C)C(C)(C)C)cc1. The molecule has 0 amide bonds. The molecule has 0 fully saturated rings. The minimum Gasteiger partial charge on any atom is -0.591 e. The van der Waals surface area contributed by atoms with Crippen LogP contribution in [0.3, 0.4) is 0 Å². The number of nitrogens with zero attached hydrogens (tertiary/aromatic N) is 1. The maximum Gasteiger partial charge on any atom is 0.144 e. The molecule has 4 heteroatoms. The van der Waals surface area contributed by atoms with Crippen LogP contribution in [0.2, 0.25) is 0 Å². The van der Waals surface area contributed by atoms with Crippen molar-refractivity contribution in [3.8, 4) is 5.75 Å². The first-order valence-corrected chi connectivity index (χ1v) is 10.3. The maximum atomic E-state index is 12.5. The Morgan fingerprint density at radius 1 is 1.12 bits per heavy atom. The summed E-state index contributed by atoms with van der Waals surface area (Å²) in [5.74, 6) is 1.43. The summed E-state index contributed by atoms with van der Waals surface area (Å²) in [6.07, 6.45) is 2.36. The first kappa shape index (κ1) is 22.0. The summed E-state index contributed by atoms with van der Waals surface area (Å²) in [5, 5.41) is 0. The highest BCUT2D eigenvalue weighted by Crippen LogP contribution is 2.27.